The van der Waals surface area contributed by atoms with Crippen LogP contribution in [0, 0.1) is 12.8 Å². The van der Waals surface area contributed by atoms with Crippen LogP contribution >= 0.6 is 11.3 Å². The number of aryl methyl sites for hydroxylation is 1. The highest BCUT2D eigenvalue weighted by molar-refractivity contribution is 7.22. The molecular weight excluding hydrogens is 490 g/mol. The molecule has 1 aromatic carbocycles. The Hall–Kier alpha value is -2.49. The number of thiazole rings is 1. The molecule has 3 atom stereocenters. The van der Waals surface area contributed by atoms with Crippen LogP contribution in [0.5, 0.6) is 0 Å². The molecule has 0 radical (unpaired) electrons. The number of carbonyl (C=O) groups excluding carboxylic acids is 1. The van der Waals surface area contributed by atoms with E-state index >= 15 is 0 Å². The van der Waals surface area contributed by atoms with Gasteiger partial charge in [0.15, 0.2) is 5.13 Å². The molecule has 7 rings (SSSR count). The van der Waals surface area contributed by atoms with Gasteiger partial charge in [0.25, 0.3) is 0 Å². The molecule has 8 nitrogen and oxygen atoms in total. The molecule has 9 heteroatoms. The lowest BCUT2D eigenvalue weighted by Crippen LogP contribution is -2.38. The third-order valence-electron chi connectivity index (χ3n) is 8.66. The van der Waals surface area contributed by atoms with Gasteiger partial charge in [0.1, 0.15) is 5.76 Å². The third-order valence-corrected chi connectivity index (χ3v) is 9.70. The van der Waals surface area contributed by atoms with Crippen LogP contribution in [0.4, 0.5) is 5.13 Å². The van der Waals surface area contributed by atoms with E-state index in [2.05, 4.69) is 10.1 Å². The van der Waals surface area contributed by atoms with Gasteiger partial charge in [-0.2, -0.15) is 0 Å². The van der Waals surface area contributed by atoms with Crippen molar-refractivity contribution in [3.05, 3.63) is 40.3 Å². The van der Waals surface area contributed by atoms with Crippen molar-refractivity contribution < 1.29 is 23.5 Å². The van der Waals surface area contributed by atoms with Crippen molar-refractivity contribution in [2.75, 3.05) is 31.8 Å². The highest BCUT2D eigenvalue weighted by Crippen LogP contribution is 2.47. The van der Waals surface area contributed by atoms with Gasteiger partial charge < -0.3 is 23.6 Å². The second-order valence-corrected chi connectivity index (χ2v) is 12.1. The number of esters is 1. The zero-order chi connectivity index (χ0) is 25.1. The summed E-state index contributed by atoms with van der Waals surface area (Å²) in [7, 11) is 1.42. The lowest BCUT2D eigenvalue weighted by atomic mass is 9.92. The van der Waals surface area contributed by atoms with Crippen molar-refractivity contribution in [3.63, 3.8) is 0 Å². The van der Waals surface area contributed by atoms with E-state index in [9.17, 15) is 4.79 Å². The van der Waals surface area contributed by atoms with E-state index in [1.807, 2.05) is 19.1 Å². The number of carbonyl (C=O) groups is 1. The van der Waals surface area contributed by atoms with Gasteiger partial charge in [-0.25, -0.2) is 9.78 Å². The SMILES string of the molecule is COC(=O)c1cc(C)c2nc(N3C[C@@H]4C[C@H]3C[C@H]4OCc3c(C4CCOCC4)noc3C3CC3)sc2c1. The van der Waals surface area contributed by atoms with E-state index in [1.54, 1.807) is 11.3 Å². The molecular formula is C28H33N3O5S. The summed E-state index contributed by atoms with van der Waals surface area (Å²) in [6.45, 7) is 5.17. The maximum atomic E-state index is 12.1. The first kappa shape index (κ1) is 23.6. The predicted molar refractivity (Wildman–Crippen MR) is 139 cm³/mol. The van der Waals surface area contributed by atoms with Gasteiger partial charge in [0.05, 0.1) is 41.3 Å². The molecule has 4 fully saturated rings. The van der Waals surface area contributed by atoms with Crippen molar-refractivity contribution in [2.45, 2.75) is 76.0 Å². The third kappa shape index (κ3) is 4.25. The number of aromatic nitrogens is 2. The lowest BCUT2D eigenvalue weighted by molar-refractivity contribution is 0.0113. The number of piperidine rings is 1. The molecule has 0 spiro atoms. The van der Waals surface area contributed by atoms with Crippen molar-refractivity contribution in [3.8, 4) is 0 Å². The highest BCUT2D eigenvalue weighted by Gasteiger charge is 2.46. The Balaban J connectivity index is 1.05. The first-order valence-corrected chi connectivity index (χ1v) is 14.3. The average Bonchev–Trinajstić information content (AvgIpc) is 3.26. The van der Waals surface area contributed by atoms with Crippen LogP contribution in [0.1, 0.15) is 83.3 Å². The van der Waals surface area contributed by atoms with Crippen LogP contribution in [-0.4, -0.2) is 55.1 Å². The highest BCUT2D eigenvalue weighted by atomic mass is 32.1. The number of methoxy groups -OCH3 is 1. The van der Waals surface area contributed by atoms with E-state index in [0.29, 0.717) is 36.0 Å². The topological polar surface area (TPSA) is 86.9 Å². The smallest absolute Gasteiger partial charge is 0.337 e. The van der Waals surface area contributed by atoms with Gasteiger partial charge in [-0.1, -0.05) is 16.5 Å². The molecule has 37 heavy (non-hydrogen) atoms. The van der Waals surface area contributed by atoms with Crippen LogP contribution in [0.25, 0.3) is 10.2 Å². The maximum absolute atomic E-state index is 12.1. The number of ether oxygens (including phenoxy) is 3. The Morgan fingerprint density at radius 3 is 2.73 bits per heavy atom. The molecule has 0 N–H and O–H groups in total. The molecule has 3 aromatic rings. The van der Waals surface area contributed by atoms with Crippen molar-refractivity contribution in [2.24, 2.45) is 5.92 Å². The monoisotopic (exact) mass is 523 g/mol. The average molecular weight is 524 g/mol. The summed E-state index contributed by atoms with van der Waals surface area (Å²) in [5.74, 6) is 2.21. The Morgan fingerprint density at radius 2 is 2.00 bits per heavy atom. The standard InChI is InChI=1S/C28H33N3O5S/c1-15-9-18(27(32)33-2)11-23-24(15)29-28(37-23)31-13-19-10-20(31)12-22(19)35-14-21-25(16-5-7-34-8-6-16)30-36-26(21)17-3-4-17/h9,11,16-17,19-20,22H,3-8,10,12-14H2,1-2H3/t19-,20-,22+/m0/s1. The number of anilines is 1. The zero-order valence-corrected chi connectivity index (χ0v) is 22.2. The molecule has 196 valence electrons. The van der Waals surface area contributed by atoms with Crippen LogP contribution in [0.2, 0.25) is 0 Å². The molecule has 0 amide bonds. The molecule has 0 unspecified atom stereocenters. The molecule has 2 aliphatic heterocycles. The van der Waals surface area contributed by atoms with Gasteiger partial charge in [0, 0.05) is 49.1 Å². The van der Waals surface area contributed by atoms with Crippen LogP contribution in [0.3, 0.4) is 0 Å². The zero-order valence-electron chi connectivity index (χ0n) is 21.4. The first-order valence-electron chi connectivity index (χ1n) is 13.5. The molecule has 2 saturated heterocycles. The van der Waals surface area contributed by atoms with Crippen molar-refractivity contribution >= 4 is 32.7 Å². The molecule has 2 aromatic heterocycles. The van der Waals surface area contributed by atoms with Crippen LogP contribution in [0.15, 0.2) is 16.7 Å². The fourth-order valence-electron chi connectivity index (χ4n) is 6.52. The number of fused-ring (bicyclic) bond motifs is 3. The van der Waals surface area contributed by atoms with Crippen LogP contribution in [-0.2, 0) is 20.8 Å². The number of nitrogens with zero attached hydrogens (tertiary/aromatic N) is 3. The first-order chi connectivity index (χ1) is 18.1. The largest absolute Gasteiger partial charge is 0.465 e. The minimum atomic E-state index is -0.308. The molecule has 4 aliphatic rings. The van der Waals surface area contributed by atoms with E-state index < -0.39 is 0 Å². The summed E-state index contributed by atoms with van der Waals surface area (Å²) in [6, 6.07) is 4.21. The predicted octanol–water partition coefficient (Wildman–Crippen LogP) is 5.33. The summed E-state index contributed by atoms with van der Waals surface area (Å²) < 4.78 is 24.0. The number of rotatable bonds is 7. The van der Waals surface area contributed by atoms with Crippen molar-refractivity contribution in [1.82, 2.24) is 10.1 Å². The van der Waals surface area contributed by atoms with E-state index in [-0.39, 0.29) is 12.1 Å². The van der Waals surface area contributed by atoms with Crippen LogP contribution < -0.4 is 4.90 Å². The molecule has 4 heterocycles. The number of benzene rings is 1. The lowest BCUT2D eigenvalue weighted by Gasteiger charge is -2.31. The second kappa shape index (κ2) is 9.36. The van der Waals surface area contributed by atoms with Crippen molar-refractivity contribution in [1.29, 1.82) is 0 Å². The van der Waals surface area contributed by atoms with Gasteiger partial charge in [-0.3, -0.25) is 0 Å². The minimum absolute atomic E-state index is 0.257. The summed E-state index contributed by atoms with van der Waals surface area (Å²) in [4.78, 5) is 19.5. The Kier molecular flexibility index (Phi) is 5.97. The quantitative estimate of drug-likeness (QED) is 0.384. The molecule has 2 aliphatic carbocycles. The second-order valence-electron chi connectivity index (χ2n) is 11.1. The van der Waals surface area contributed by atoms with Gasteiger partial charge >= 0.3 is 5.97 Å². The summed E-state index contributed by atoms with van der Waals surface area (Å²) in [5, 5.41) is 5.59. The Bertz CT molecular complexity index is 1320. The fourth-order valence-corrected chi connectivity index (χ4v) is 7.68. The fraction of sp³-hybridized carbons (Fsp3) is 0.607. The maximum Gasteiger partial charge on any atom is 0.337 e. The molecule has 2 bridgehead atoms. The number of hydrogen-bond donors (Lipinski definition) is 0. The summed E-state index contributed by atoms with van der Waals surface area (Å²) in [6.07, 6.45) is 6.82. The van der Waals surface area contributed by atoms with Gasteiger partial charge in [-0.15, -0.1) is 0 Å². The van der Waals surface area contributed by atoms with E-state index in [0.717, 1.165) is 77.8 Å². The minimum Gasteiger partial charge on any atom is -0.465 e. The van der Waals surface area contributed by atoms with Gasteiger partial charge in [0.2, 0.25) is 0 Å². The Morgan fingerprint density at radius 1 is 1.16 bits per heavy atom. The Labute approximate surface area is 220 Å². The summed E-state index contributed by atoms with van der Waals surface area (Å²) >= 11 is 1.67. The van der Waals surface area contributed by atoms with E-state index in [4.69, 9.17) is 23.7 Å². The van der Waals surface area contributed by atoms with Gasteiger partial charge in [-0.05, 0) is 63.1 Å². The number of hydrogen-bond acceptors (Lipinski definition) is 9. The summed E-state index contributed by atoms with van der Waals surface area (Å²) in [5.41, 5.74) is 4.90. The molecule has 2 saturated carbocycles. The van der Waals surface area contributed by atoms with E-state index in [1.165, 1.54) is 25.5 Å². The normalized spacial score (nSPS) is 25.9.